The van der Waals surface area contributed by atoms with Gasteiger partial charge < -0.3 is 0 Å². The van der Waals surface area contributed by atoms with E-state index >= 15 is 0 Å². The van der Waals surface area contributed by atoms with Crippen molar-refractivity contribution >= 4 is 37.1 Å². The second kappa shape index (κ2) is 12.0. The van der Waals surface area contributed by atoms with Gasteiger partial charge in [0.05, 0.1) is 5.21 Å². The molecule has 0 unspecified atom stereocenters. The van der Waals surface area contributed by atoms with E-state index in [1.807, 2.05) is 0 Å². The molecule has 3 nitrogen and oxygen atoms in total. The summed E-state index contributed by atoms with van der Waals surface area (Å²) in [7, 11) is -0.822. The zero-order valence-corrected chi connectivity index (χ0v) is 21.6. The van der Waals surface area contributed by atoms with Crippen LogP contribution in [0.5, 0.6) is 0 Å². The third-order valence-electron chi connectivity index (χ3n) is 6.02. The molecule has 0 saturated carbocycles. The zero-order valence-electron chi connectivity index (χ0n) is 19.8. The molecule has 4 aromatic carbocycles. The van der Waals surface area contributed by atoms with Crippen molar-refractivity contribution in [1.82, 2.24) is 9.90 Å². The fourth-order valence-electron chi connectivity index (χ4n) is 4.25. The van der Waals surface area contributed by atoms with Gasteiger partial charge >= 0.3 is 0 Å². The Bertz CT molecular complexity index is 1110. The number of nitrogens with zero attached hydrogens (tertiary/aromatic N) is 3. The Balaban J connectivity index is 1.26. The van der Waals surface area contributed by atoms with Crippen LogP contribution in [-0.2, 0) is 13.1 Å². The first-order valence-corrected chi connectivity index (χ1v) is 15.1. The fraction of sp³-hybridized carbons (Fsp3) is 0.133. The molecular weight excluding hydrogens is 464 g/mol. The molecule has 0 amide bonds. The molecule has 0 saturated heterocycles. The van der Waals surface area contributed by atoms with Gasteiger partial charge in [0.1, 0.15) is 13.1 Å². The maximum Gasteiger partial charge on any atom is 0.155 e. The minimum absolute atomic E-state index is 0.411. The van der Waals surface area contributed by atoms with Gasteiger partial charge in [-0.2, -0.15) is 0 Å². The molecule has 0 aliphatic carbocycles. The number of hydrogen-bond acceptors (Lipinski definition) is 1. The Kier molecular flexibility index (Phi) is 8.11. The zero-order chi connectivity index (χ0) is 23.7. The predicted octanol–water partition coefficient (Wildman–Crippen LogP) is 4.44. The van der Waals surface area contributed by atoms with E-state index < -0.39 is 15.8 Å². The van der Waals surface area contributed by atoms with Crippen LogP contribution in [0.2, 0.25) is 0 Å². The predicted molar refractivity (Wildman–Crippen MR) is 150 cm³/mol. The first kappa shape index (κ1) is 23.6. The summed E-state index contributed by atoms with van der Waals surface area (Å²) >= 11 is 0. The van der Waals surface area contributed by atoms with E-state index in [9.17, 15) is 0 Å². The maximum atomic E-state index is 4.88. The van der Waals surface area contributed by atoms with Gasteiger partial charge in [0.25, 0.3) is 0 Å². The van der Waals surface area contributed by atoms with Crippen molar-refractivity contribution in [1.29, 1.82) is 0 Å². The van der Waals surface area contributed by atoms with Gasteiger partial charge in [0.2, 0.25) is 0 Å². The maximum absolute atomic E-state index is 4.88. The molecule has 0 fully saturated rings. The Morgan fingerprint density at radius 3 is 1.37 bits per heavy atom. The molecule has 1 heterocycles. The fourth-order valence-corrected chi connectivity index (χ4v) is 8.82. The topological polar surface area (TPSA) is 21.7 Å². The normalized spacial score (nSPS) is 11.3. The summed E-state index contributed by atoms with van der Waals surface area (Å²) in [6, 6.07) is 43.6. The molecule has 0 aliphatic rings. The van der Waals surface area contributed by atoms with E-state index in [1.165, 1.54) is 21.2 Å². The highest BCUT2D eigenvalue weighted by molar-refractivity contribution is 7.73. The molecule has 174 valence electrons. The van der Waals surface area contributed by atoms with Gasteiger partial charge in [-0.05, 0) is 37.1 Å². The van der Waals surface area contributed by atoms with Gasteiger partial charge in [0, 0.05) is 12.3 Å². The third kappa shape index (κ3) is 6.31. The highest BCUT2D eigenvalue weighted by atomic mass is 31.1. The van der Waals surface area contributed by atoms with E-state index in [0.29, 0.717) is 0 Å². The summed E-state index contributed by atoms with van der Waals surface area (Å²) in [5.74, 6) is 0. The van der Waals surface area contributed by atoms with Gasteiger partial charge in [-0.1, -0.05) is 121 Å². The SMILES string of the molecule is c1ccc(P(CCn2cc[n+](CCP(c3ccccc3)c3ccccc3)n2)c2ccccc2)cc1. The van der Waals surface area contributed by atoms with E-state index in [1.54, 1.807) is 0 Å². The van der Waals surface area contributed by atoms with Gasteiger partial charge in [-0.15, -0.1) is 9.36 Å². The van der Waals surface area contributed by atoms with Crippen LogP contribution in [0.3, 0.4) is 0 Å². The van der Waals surface area contributed by atoms with Crippen LogP contribution < -0.4 is 25.9 Å². The Morgan fingerprint density at radius 1 is 0.543 bits per heavy atom. The van der Waals surface area contributed by atoms with Gasteiger partial charge in [0.15, 0.2) is 12.4 Å². The molecule has 0 bridgehead atoms. The highest BCUT2D eigenvalue weighted by Crippen LogP contribution is 2.34. The van der Waals surface area contributed by atoms with Crippen molar-refractivity contribution in [2.75, 3.05) is 12.3 Å². The van der Waals surface area contributed by atoms with Crippen molar-refractivity contribution in [3.05, 3.63) is 134 Å². The average molecular weight is 495 g/mol. The van der Waals surface area contributed by atoms with Gasteiger partial charge in [-0.25, -0.2) is 0 Å². The summed E-state index contributed by atoms with van der Waals surface area (Å²) in [4.78, 5) is 0. The summed E-state index contributed by atoms with van der Waals surface area (Å²) < 4.78 is 4.21. The largest absolute Gasteiger partial charge is 0.155 e. The van der Waals surface area contributed by atoms with Crippen molar-refractivity contribution in [3.8, 4) is 0 Å². The molecule has 5 heteroatoms. The number of benzene rings is 4. The van der Waals surface area contributed by atoms with Crippen LogP contribution in [0, 0.1) is 0 Å². The molecule has 1 aromatic heterocycles. The molecule has 5 rings (SSSR count). The molecule has 35 heavy (non-hydrogen) atoms. The standard InChI is InChI=1S/C30H30N3P2/c1-5-13-27(14-6-1)34(28-15-7-2-8-16-28)25-23-32-21-22-33(31-32)24-26-35(29-17-9-3-10-18-29)30-19-11-4-12-20-30/h1-22H,23-26H2/q+1. The van der Waals surface area contributed by atoms with E-state index in [2.05, 4.69) is 143 Å². The minimum Gasteiger partial charge on any atom is -0.137 e. The van der Waals surface area contributed by atoms with E-state index in [-0.39, 0.29) is 0 Å². The molecule has 0 spiro atoms. The van der Waals surface area contributed by atoms with Crippen molar-refractivity contribution in [2.45, 2.75) is 13.1 Å². The molecule has 0 radical (unpaired) electrons. The molecule has 5 aromatic rings. The Morgan fingerprint density at radius 2 is 0.943 bits per heavy atom. The summed E-state index contributed by atoms with van der Waals surface area (Å²) in [5, 5.41) is 10.6. The van der Waals surface area contributed by atoms with Crippen molar-refractivity contribution in [2.24, 2.45) is 0 Å². The number of aryl methyl sites for hydroxylation is 2. The quantitative estimate of drug-likeness (QED) is 0.208. The lowest BCUT2D eigenvalue weighted by Crippen LogP contribution is -2.38. The summed E-state index contributed by atoms with van der Waals surface area (Å²) in [6.07, 6.45) is 6.39. The molecule has 0 N–H and O–H groups in total. The minimum atomic E-state index is -0.411. The smallest absolute Gasteiger partial charge is 0.137 e. The van der Waals surface area contributed by atoms with E-state index in [4.69, 9.17) is 5.21 Å². The Hall–Kier alpha value is -3.12. The van der Waals surface area contributed by atoms with Crippen LogP contribution >= 0.6 is 15.8 Å². The number of aromatic nitrogens is 3. The van der Waals surface area contributed by atoms with Crippen LogP contribution in [0.25, 0.3) is 0 Å². The third-order valence-corrected chi connectivity index (χ3v) is 11.0. The van der Waals surface area contributed by atoms with Crippen molar-refractivity contribution in [3.63, 3.8) is 0 Å². The second-order valence-electron chi connectivity index (χ2n) is 8.36. The lowest BCUT2D eigenvalue weighted by molar-refractivity contribution is -0.751. The molecule has 0 aliphatic heterocycles. The highest BCUT2D eigenvalue weighted by Gasteiger charge is 2.18. The summed E-state index contributed by atoms with van der Waals surface area (Å²) in [5.41, 5.74) is 0. The van der Waals surface area contributed by atoms with E-state index in [0.717, 1.165) is 25.4 Å². The lowest BCUT2D eigenvalue weighted by Gasteiger charge is -2.17. The molecular formula is C30H30N3P2+. The first-order valence-electron chi connectivity index (χ1n) is 12.1. The lowest BCUT2D eigenvalue weighted by atomic mass is 10.4. The second-order valence-corrected chi connectivity index (χ2v) is 13.0. The van der Waals surface area contributed by atoms with Crippen LogP contribution in [0.15, 0.2) is 134 Å². The van der Waals surface area contributed by atoms with Crippen molar-refractivity contribution < 1.29 is 4.68 Å². The molecule has 0 atom stereocenters. The Labute approximate surface area is 210 Å². The average Bonchev–Trinajstić information content (AvgIpc) is 3.39. The summed E-state index contributed by atoms with van der Waals surface area (Å²) in [6.45, 7) is 1.82. The van der Waals surface area contributed by atoms with Crippen LogP contribution in [-0.4, -0.2) is 22.2 Å². The monoisotopic (exact) mass is 494 g/mol. The van der Waals surface area contributed by atoms with Crippen LogP contribution in [0.1, 0.15) is 0 Å². The van der Waals surface area contributed by atoms with Gasteiger partial charge in [-0.3, -0.25) is 0 Å². The first-order chi connectivity index (χ1) is 17.4. The number of hydrogen-bond donors (Lipinski definition) is 0. The van der Waals surface area contributed by atoms with Crippen LogP contribution in [0.4, 0.5) is 0 Å². The number of rotatable bonds is 10.